The second kappa shape index (κ2) is 9.03. The predicted molar refractivity (Wildman–Crippen MR) is 102 cm³/mol. The van der Waals surface area contributed by atoms with E-state index in [4.69, 9.17) is 0 Å². The molecule has 3 amide bonds. The molecule has 142 valence electrons. The number of carbonyl (C=O) groups excluding carboxylic acids is 2. The van der Waals surface area contributed by atoms with E-state index >= 15 is 0 Å². The van der Waals surface area contributed by atoms with Crippen molar-refractivity contribution in [2.24, 2.45) is 0 Å². The first-order valence-electron chi connectivity index (χ1n) is 9.72. The van der Waals surface area contributed by atoms with E-state index in [0.29, 0.717) is 26.2 Å². The van der Waals surface area contributed by atoms with E-state index in [-0.39, 0.29) is 18.0 Å². The summed E-state index contributed by atoms with van der Waals surface area (Å²) >= 11 is 0. The summed E-state index contributed by atoms with van der Waals surface area (Å²) in [5.74, 6) is 0.0884. The molecule has 1 N–H and O–H groups in total. The average Bonchev–Trinajstić information content (AvgIpc) is 3.05. The molecule has 1 aromatic rings. The number of hydrogen-bond acceptors (Lipinski definition) is 3. The van der Waals surface area contributed by atoms with E-state index in [0.717, 1.165) is 26.1 Å². The van der Waals surface area contributed by atoms with Crippen LogP contribution in [0.2, 0.25) is 0 Å². The number of nitrogens with one attached hydrogen (secondary N) is 1. The summed E-state index contributed by atoms with van der Waals surface area (Å²) in [6.45, 7) is 7.06. The van der Waals surface area contributed by atoms with Crippen LogP contribution in [0.25, 0.3) is 0 Å². The van der Waals surface area contributed by atoms with Gasteiger partial charge in [-0.2, -0.15) is 0 Å². The lowest BCUT2D eigenvalue weighted by molar-refractivity contribution is -0.128. The summed E-state index contributed by atoms with van der Waals surface area (Å²) in [4.78, 5) is 30.4. The monoisotopic (exact) mass is 358 g/mol. The third-order valence-electron chi connectivity index (χ3n) is 5.44. The highest BCUT2D eigenvalue weighted by atomic mass is 16.2. The molecule has 0 aliphatic carbocycles. The van der Waals surface area contributed by atoms with Crippen LogP contribution in [0.5, 0.6) is 0 Å². The van der Waals surface area contributed by atoms with Crippen molar-refractivity contribution in [3.63, 3.8) is 0 Å². The van der Waals surface area contributed by atoms with Crippen molar-refractivity contribution < 1.29 is 9.59 Å². The molecule has 1 atom stereocenters. The average molecular weight is 358 g/mol. The van der Waals surface area contributed by atoms with E-state index in [9.17, 15) is 9.59 Å². The standard InChI is InChI=1S/C20H30N4O2/c1-17(25)22-12-7-13-24(15-14-22)20(26)21-16-19(23-10-5-6-11-23)18-8-3-2-4-9-18/h2-4,8-9,19H,5-7,10-16H2,1H3,(H,21,26). The Morgan fingerprint density at radius 3 is 2.27 bits per heavy atom. The van der Waals surface area contributed by atoms with Crippen LogP contribution >= 0.6 is 0 Å². The highest BCUT2D eigenvalue weighted by molar-refractivity contribution is 5.75. The van der Waals surface area contributed by atoms with Crippen LogP contribution in [-0.2, 0) is 4.79 Å². The maximum atomic E-state index is 12.7. The normalized spacial score (nSPS) is 19.9. The zero-order valence-electron chi connectivity index (χ0n) is 15.7. The lowest BCUT2D eigenvalue weighted by Crippen LogP contribution is -2.45. The van der Waals surface area contributed by atoms with Gasteiger partial charge >= 0.3 is 6.03 Å². The zero-order valence-corrected chi connectivity index (χ0v) is 15.7. The molecule has 2 aliphatic heterocycles. The van der Waals surface area contributed by atoms with Crippen LogP contribution in [0.3, 0.4) is 0 Å². The zero-order chi connectivity index (χ0) is 18.4. The second-order valence-electron chi connectivity index (χ2n) is 7.20. The smallest absolute Gasteiger partial charge is 0.317 e. The number of rotatable bonds is 4. The highest BCUT2D eigenvalue weighted by Gasteiger charge is 2.25. The van der Waals surface area contributed by atoms with Crippen LogP contribution in [0.15, 0.2) is 30.3 Å². The molecule has 2 fully saturated rings. The van der Waals surface area contributed by atoms with E-state index in [1.807, 2.05) is 15.9 Å². The fraction of sp³-hybridized carbons (Fsp3) is 0.600. The predicted octanol–water partition coefficient (Wildman–Crippen LogP) is 2.09. The second-order valence-corrected chi connectivity index (χ2v) is 7.20. The molecule has 6 nitrogen and oxygen atoms in total. The van der Waals surface area contributed by atoms with Gasteiger partial charge in [-0.3, -0.25) is 9.69 Å². The molecular weight excluding hydrogens is 328 g/mol. The Labute approximate surface area is 156 Å². The third kappa shape index (κ3) is 4.75. The highest BCUT2D eigenvalue weighted by Crippen LogP contribution is 2.24. The summed E-state index contributed by atoms with van der Waals surface area (Å²) in [5, 5.41) is 3.14. The lowest BCUT2D eigenvalue weighted by atomic mass is 10.1. The molecule has 0 aromatic heterocycles. The summed E-state index contributed by atoms with van der Waals surface area (Å²) in [6, 6.07) is 10.6. The van der Waals surface area contributed by atoms with Gasteiger partial charge in [0, 0.05) is 39.6 Å². The van der Waals surface area contributed by atoms with Gasteiger partial charge in [-0.25, -0.2) is 4.79 Å². The minimum Gasteiger partial charge on any atom is -0.341 e. The number of carbonyl (C=O) groups is 2. The lowest BCUT2D eigenvalue weighted by Gasteiger charge is -2.29. The van der Waals surface area contributed by atoms with Crippen molar-refractivity contribution in [3.8, 4) is 0 Å². The molecule has 3 rings (SSSR count). The number of amides is 3. The first kappa shape index (κ1) is 18.7. The Morgan fingerprint density at radius 1 is 0.923 bits per heavy atom. The van der Waals surface area contributed by atoms with Crippen molar-refractivity contribution in [2.75, 3.05) is 45.8 Å². The number of hydrogen-bond donors (Lipinski definition) is 1. The summed E-state index contributed by atoms with van der Waals surface area (Å²) in [6.07, 6.45) is 3.29. The van der Waals surface area contributed by atoms with Crippen molar-refractivity contribution in [1.82, 2.24) is 20.0 Å². The Bertz CT molecular complexity index is 601. The molecule has 0 spiro atoms. The number of likely N-dealkylation sites (tertiary alicyclic amines) is 1. The van der Waals surface area contributed by atoms with E-state index in [1.54, 1.807) is 6.92 Å². The first-order chi connectivity index (χ1) is 12.6. The molecule has 0 radical (unpaired) electrons. The topological polar surface area (TPSA) is 55.9 Å². The quantitative estimate of drug-likeness (QED) is 0.897. The van der Waals surface area contributed by atoms with Crippen LogP contribution in [0.1, 0.15) is 37.8 Å². The SMILES string of the molecule is CC(=O)N1CCCN(C(=O)NCC(c2ccccc2)N2CCCC2)CC1. The van der Waals surface area contributed by atoms with Gasteiger partial charge in [-0.1, -0.05) is 30.3 Å². The van der Waals surface area contributed by atoms with Gasteiger partial charge in [-0.05, 0) is 37.9 Å². The minimum absolute atomic E-state index is 0.0180. The number of urea groups is 1. The van der Waals surface area contributed by atoms with E-state index in [1.165, 1.54) is 18.4 Å². The third-order valence-corrected chi connectivity index (χ3v) is 5.44. The van der Waals surface area contributed by atoms with Crippen LogP contribution < -0.4 is 5.32 Å². The van der Waals surface area contributed by atoms with Gasteiger partial charge < -0.3 is 15.1 Å². The Balaban J connectivity index is 1.58. The molecular formula is C20H30N4O2. The largest absolute Gasteiger partial charge is 0.341 e. The Hall–Kier alpha value is -2.08. The van der Waals surface area contributed by atoms with Gasteiger partial charge in [-0.15, -0.1) is 0 Å². The fourth-order valence-corrected chi connectivity index (χ4v) is 3.92. The molecule has 2 saturated heterocycles. The van der Waals surface area contributed by atoms with Crippen molar-refractivity contribution >= 4 is 11.9 Å². The van der Waals surface area contributed by atoms with E-state index < -0.39 is 0 Å². The molecule has 2 heterocycles. The fourth-order valence-electron chi connectivity index (χ4n) is 3.92. The summed E-state index contributed by atoms with van der Waals surface area (Å²) in [7, 11) is 0. The first-order valence-corrected chi connectivity index (χ1v) is 9.72. The summed E-state index contributed by atoms with van der Waals surface area (Å²) in [5.41, 5.74) is 1.26. The minimum atomic E-state index is -0.0180. The van der Waals surface area contributed by atoms with Crippen molar-refractivity contribution in [1.29, 1.82) is 0 Å². The van der Waals surface area contributed by atoms with Gasteiger partial charge in [0.05, 0.1) is 6.04 Å². The van der Waals surface area contributed by atoms with Crippen molar-refractivity contribution in [3.05, 3.63) is 35.9 Å². The van der Waals surface area contributed by atoms with Gasteiger partial charge in [0.1, 0.15) is 0 Å². The molecule has 0 bridgehead atoms. The van der Waals surface area contributed by atoms with Crippen LogP contribution in [-0.4, -0.2) is 72.5 Å². The molecule has 6 heteroatoms. The molecule has 1 unspecified atom stereocenters. The van der Waals surface area contributed by atoms with Gasteiger partial charge in [0.25, 0.3) is 0 Å². The maximum absolute atomic E-state index is 12.7. The number of nitrogens with zero attached hydrogens (tertiary/aromatic N) is 3. The number of benzene rings is 1. The van der Waals surface area contributed by atoms with Gasteiger partial charge in [0.2, 0.25) is 5.91 Å². The van der Waals surface area contributed by atoms with Crippen molar-refractivity contribution in [2.45, 2.75) is 32.2 Å². The molecule has 0 saturated carbocycles. The molecule has 1 aromatic carbocycles. The molecule has 26 heavy (non-hydrogen) atoms. The van der Waals surface area contributed by atoms with Gasteiger partial charge in [0.15, 0.2) is 0 Å². The van der Waals surface area contributed by atoms with Crippen LogP contribution in [0.4, 0.5) is 4.79 Å². The van der Waals surface area contributed by atoms with E-state index in [2.05, 4.69) is 34.5 Å². The van der Waals surface area contributed by atoms with Crippen LogP contribution in [0, 0.1) is 0 Å². The Kier molecular flexibility index (Phi) is 6.50. The molecule has 2 aliphatic rings. The summed E-state index contributed by atoms with van der Waals surface area (Å²) < 4.78 is 0. The maximum Gasteiger partial charge on any atom is 0.317 e. The Morgan fingerprint density at radius 2 is 1.58 bits per heavy atom.